The molecule has 5 aromatic carbocycles. The Labute approximate surface area is 293 Å². The molecule has 0 amide bonds. The van der Waals surface area contributed by atoms with E-state index in [2.05, 4.69) is 46.7 Å². The molecule has 0 bridgehead atoms. The molecule has 0 N–H and O–H groups in total. The number of nitrogens with zero attached hydrogens (tertiary/aromatic N) is 6. The Hall–Kier alpha value is -6.03. The first-order valence-electron chi connectivity index (χ1n) is 16.8. The van der Waals surface area contributed by atoms with E-state index in [0.29, 0.717) is 24.4 Å². The molecule has 0 saturated carbocycles. The number of alkyl halides is 3. The summed E-state index contributed by atoms with van der Waals surface area (Å²) in [6.45, 7) is 0.778. The number of tetrazole rings is 1. The third kappa shape index (κ3) is 6.52. The van der Waals surface area contributed by atoms with Crippen LogP contribution in [-0.2, 0) is 25.0 Å². The summed E-state index contributed by atoms with van der Waals surface area (Å²) in [4.78, 5) is 13.0. The van der Waals surface area contributed by atoms with E-state index in [9.17, 15) is 18.0 Å². The predicted octanol–water partition coefficient (Wildman–Crippen LogP) is 8.37. The maximum atomic E-state index is 13.2. The third-order valence-corrected chi connectivity index (χ3v) is 9.12. The van der Waals surface area contributed by atoms with Gasteiger partial charge in [0.1, 0.15) is 12.1 Å². The van der Waals surface area contributed by atoms with Gasteiger partial charge in [-0.3, -0.25) is 9.13 Å². The van der Waals surface area contributed by atoms with Crippen LogP contribution in [0.25, 0.3) is 22.5 Å². The van der Waals surface area contributed by atoms with E-state index < -0.39 is 23.9 Å². The molecule has 0 unspecified atom stereocenters. The van der Waals surface area contributed by atoms with Crippen molar-refractivity contribution in [3.05, 3.63) is 184 Å². The summed E-state index contributed by atoms with van der Waals surface area (Å²) in [6, 6.07) is 46.2. The molecule has 0 atom stereocenters. The Morgan fingerprint density at radius 1 is 0.667 bits per heavy atom. The maximum Gasteiger partial charge on any atom is 0.406 e. The van der Waals surface area contributed by atoms with Crippen LogP contribution in [0.4, 0.5) is 13.2 Å². The highest BCUT2D eigenvalue weighted by atomic mass is 19.4. The second-order valence-corrected chi connectivity index (χ2v) is 12.4. The molecular weight excluding hydrogens is 649 g/mol. The van der Waals surface area contributed by atoms with Gasteiger partial charge in [0.25, 0.3) is 0 Å². The van der Waals surface area contributed by atoms with E-state index in [1.165, 1.54) is 10.8 Å². The molecule has 0 saturated heterocycles. The van der Waals surface area contributed by atoms with Gasteiger partial charge in [0.2, 0.25) is 0 Å². The molecule has 2 heterocycles. The fourth-order valence-corrected chi connectivity index (χ4v) is 6.90. The first-order chi connectivity index (χ1) is 24.8. The lowest BCUT2D eigenvalue weighted by Gasteiger charge is -2.36. The van der Waals surface area contributed by atoms with Gasteiger partial charge in [-0.1, -0.05) is 153 Å². The van der Waals surface area contributed by atoms with Gasteiger partial charge in [0, 0.05) is 17.5 Å². The molecule has 7 nitrogen and oxygen atoms in total. The first-order valence-corrected chi connectivity index (χ1v) is 16.8. The summed E-state index contributed by atoms with van der Waals surface area (Å²) < 4.78 is 43.6. The molecule has 0 aliphatic rings. The minimum atomic E-state index is -4.49. The van der Waals surface area contributed by atoms with Crippen LogP contribution in [0, 0.1) is 0 Å². The molecular formula is C41H35F3N6O. The van der Waals surface area contributed by atoms with Crippen molar-refractivity contribution in [3.8, 4) is 22.5 Å². The van der Waals surface area contributed by atoms with Crippen LogP contribution in [0.15, 0.2) is 151 Å². The standard InChI is InChI=1S/C41H35F3N6O/c1-2-14-35-28-48(29-40(42,43)44)39(51)49(35)27-30-23-25-31(26-24-30)36-21-12-13-22-37(36)38-45-46-47-50(38)41(32-15-6-3-7-16-32,33-17-8-4-9-18-33)34-19-10-5-11-20-34/h3-13,15-26,28H,2,14,27,29H2,1H3. The fraction of sp³-hybridized carbons (Fsp3) is 0.171. The number of benzene rings is 5. The molecule has 0 radical (unpaired) electrons. The largest absolute Gasteiger partial charge is 0.406 e. The van der Waals surface area contributed by atoms with Crippen molar-refractivity contribution in [2.45, 2.75) is 44.6 Å². The van der Waals surface area contributed by atoms with Gasteiger partial charge in [-0.15, -0.1) is 5.10 Å². The maximum absolute atomic E-state index is 13.2. The van der Waals surface area contributed by atoms with Gasteiger partial charge in [0.05, 0.1) is 6.54 Å². The molecule has 7 aromatic rings. The Bertz CT molecular complexity index is 2180. The van der Waals surface area contributed by atoms with Gasteiger partial charge >= 0.3 is 11.9 Å². The Morgan fingerprint density at radius 3 is 1.73 bits per heavy atom. The van der Waals surface area contributed by atoms with Crippen molar-refractivity contribution in [1.29, 1.82) is 0 Å². The van der Waals surface area contributed by atoms with Crippen molar-refractivity contribution in [2.75, 3.05) is 0 Å². The van der Waals surface area contributed by atoms with Crippen LogP contribution in [0.2, 0.25) is 0 Å². The zero-order valence-corrected chi connectivity index (χ0v) is 27.9. The van der Waals surface area contributed by atoms with Crippen LogP contribution in [0.5, 0.6) is 0 Å². The summed E-state index contributed by atoms with van der Waals surface area (Å²) >= 11 is 0. The molecule has 0 aliphatic heterocycles. The number of imidazole rings is 1. The van der Waals surface area contributed by atoms with Crippen molar-refractivity contribution < 1.29 is 13.2 Å². The Kier molecular flexibility index (Phi) is 9.23. The second-order valence-electron chi connectivity index (χ2n) is 12.4. The normalized spacial score (nSPS) is 11.9. The summed E-state index contributed by atoms with van der Waals surface area (Å²) in [5, 5.41) is 13.6. The molecule has 0 aliphatic carbocycles. The number of aryl methyl sites for hydroxylation is 1. The highest BCUT2D eigenvalue weighted by Gasteiger charge is 2.42. The van der Waals surface area contributed by atoms with Crippen LogP contribution >= 0.6 is 0 Å². The highest BCUT2D eigenvalue weighted by Crippen LogP contribution is 2.43. The highest BCUT2D eigenvalue weighted by molar-refractivity contribution is 5.81. The number of rotatable bonds is 11. The average molecular weight is 685 g/mol. The molecule has 2 aromatic heterocycles. The van der Waals surface area contributed by atoms with E-state index >= 15 is 0 Å². The zero-order valence-electron chi connectivity index (χ0n) is 27.9. The molecule has 10 heteroatoms. The van der Waals surface area contributed by atoms with Crippen molar-refractivity contribution in [1.82, 2.24) is 29.3 Å². The first kappa shape index (κ1) is 33.5. The molecule has 51 heavy (non-hydrogen) atoms. The summed E-state index contributed by atoms with van der Waals surface area (Å²) in [6.07, 6.45) is -1.97. The van der Waals surface area contributed by atoms with Crippen molar-refractivity contribution in [3.63, 3.8) is 0 Å². The summed E-state index contributed by atoms with van der Waals surface area (Å²) in [5.41, 5.74) is 5.33. The van der Waals surface area contributed by atoms with Crippen LogP contribution in [0.1, 0.15) is 41.3 Å². The van der Waals surface area contributed by atoms with Gasteiger partial charge < -0.3 is 0 Å². The van der Waals surface area contributed by atoms with Crippen LogP contribution in [0.3, 0.4) is 0 Å². The lowest BCUT2D eigenvalue weighted by molar-refractivity contribution is -0.141. The van der Waals surface area contributed by atoms with E-state index in [-0.39, 0.29) is 6.54 Å². The number of aromatic nitrogens is 6. The van der Waals surface area contributed by atoms with Gasteiger partial charge in [-0.05, 0) is 50.2 Å². The minimum absolute atomic E-state index is 0.160. The average Bonchev–Trinajstić information content (AvgIpc) is 3.75. The number of hydrogen-bond donors (Lipinski definition) is 0. The molecule has 7 rings (SSSR count). The van der Waals surface area contributed by atoms with E-state index in [0.717, 1.165) is 43.5 Å². The summed E-state index contributed by atoms with van der Waals surface area (Å²) in [7, 11) is 0. The monoisotopic (exact) mass is 684 g/mol. The molecule has 256 valence electrons. The number of hydrogen-bond acceptors (Lipinski definition) is 4. The van der Waals surface area contributed by atoms with E-state index in [4.69, 9.17) is 5.21 Å². The quantitative estimate of drug-likeness (QED) is 0.128. The number of halogens is 3. The van der Waals surface area contributed by atoms with Crippen LogP contribution in [-0.4, -0.2) is 35.5 Å². The third-order valence-electron chi connectivity index (χ3n) is 9.12. The minimum Gasteiger partial charge on any atom is -0.292 e. The van der Waals surface area contributed by atoms with E-state index in [1.807, 2.05) is 115 Å². The second kappa shape index (κ2) is 14.1. The van der Waals surface area contributed by atoms with Crippen LogP contribution < -0.4 is 5.69 Å². The van der Waals surface area contributed by atoms with Crippen molar-refractivity contribution in [2.24, 2.45) is 0 Å². The molecule has 0 fully saturated rings. The van der Waals surface area contributed by atoms with Gasteiger partial charge in [-0.25, -0.2) is 9.48 Å². The van der Waals surface area contributed by atoms with Gasteiger partial charge in [-0.2, -0.15) is 13.2 Å². The summed E-state index contributed by atoms with van der Waals surface area (Å²) in [5.74, 6) is 0.563. The van der Waals surface area contributed by atoms with Crippen molar-refractivity contribution >= 4 is 0 Å². The predicted molar refractivity (Wildman–Crippen MR) is 191 cm³/mol. The Morgan fingerprint density at radius 2 is 1.20 bits per heavy atom. The smallest absolute Gasteiger partial charge is 0.292 e. The molecule has 0 spiro atoms. The fourth-order valence-electron chi connectivity index (χ4n) is 6.90. The van der Waals surface area contributed by atoms with Gasteiger partial charge in [0.15, 0.2) is 5.82 Å². The lowest BCUT2D eigenvalue weighted by atomic mass is 9.77. The Balaban J connectivity index is 1.32. The van der Waals surface area contributed by atoms with E-state index in [1.54, 1.807) is 0 Å². The SMILES string of the molecule is CCCc1cn(CC(F)(F)F)c(=O)n1Cc1ccc(-c2ccccc2-c2nnnn2C(c2ccccc2)(c2ccccc2)c2ccccc2)cc1. The lowest BCUT2D eigenvalue weighted by Crippen LogP contribution is -2.39. The zero-order chi connectivity index (χ0) is 35.4. The topological polar surface area (TPSA) is 70.5 Å².